The number of hydrogen-bond acceptors (Lipinski definition) is 2. The molecule has 1 N–H and O–H groups in total. The average Bonchev–Trinajstić information content (AvgIpc) is 2.50. The van der Waals surface area contributed by atoms with Crippen LogP contribution in [-0.2, 0) is 11.3 Å². The maximum atomic E-state index is 5.34. The lowest BCUT2D eigenvalue weighted by Crippen LogP contribution is -2.38. The molecular weight excluding hydrogens is 389 g/mol. The summed E-state index contributed by atoms with van der Waals surface area (Å²) in [6.45, 7) is 8.35. The van der Waals surface area contributed by atoms with Gasteiger partial charge in [0.05, 0.1) is 0 Å². The maximum Gasteiger partial charge on any atom is 0.193 e. The van der Waals surface area contributed by atoms with E-state index < -0.39 is 0 Å². The minimum Gasteiger partial charge on any atom is -0.382 e. The number of nitrogens with zero attached hydrogens (tertiary/aromatic N) is 2. The fourth-order valence-corrected chi connectivity index (χ4v) is 2.05. The molecule has 0 spiro atoms. The number of unbranched alkanes of at least 4 members (excludes halogenated alkanes) is 1. The van der Waals surface area contributed by atoms with Gasteiger partial charge in [-0.25, -0.2) is 0 Å². The maximum absolute atomic E-state index is 5.34. The molecule has 22 heavy (non-hydrogen) atoms. The summed E-state index contributed by atoms with van der Waals surface area (Å²) in [5.41, 5.74) is 1.29. The lowest BCUT2D eigenvalue weighted by Gasteiger charge is -2.22. The van der Waals surface area contributed by atoms with Crippen LogP contribution in [0, 0.1) is 0 Å². The van der Waals surface area contributed by atoms with Crippen molar-refractivity contribution in [1.82, 2.24) is 10.2 Å². The summed E-state index contributed by atoms with van der Waals surface area (Å²) in [4.78, 5) is 6.85. The Hall–Kier alpha value is -0.820. The van der Waals surface area contributed by atoms with Gasteiger partial charge >= 0.3 is 0 Å². The van der Waals surface area contributed by atoms with E-state index in [0.717, 1.165) is 51.6 Å². The standard InChI is InChI=1S/C17H29N3O.HI/c1-4-18-17(19-13-9-10-14-21-5-2)20(3)15-16-11-7-6-8-12-16;/h6-8,11-12H,4-5,9-10,13-15H2,1-3H3,(H,18,19);1H. The number of guanidine groups is 1. The largest absolute Gasteiger partial charge is 0.382 e. The molecule has 0 fully saturated rings. The Balaban J connectivity index is 0.00000441. The first-order valence-electron chi connectivity index (χ1n) is 7.89. The predicted octanol–water partition coefficient (Wildman–Crippen LogP) is 3.52. The Bertz CT molecular complexity index is 398. The highest BCUT2D eigenvalue weighted by Gasteiger charge is 2.05. The molecule has 5 heteroatoms. The molecule has 1 rings (SSSR count). The summed E-state index contributed by atoms with van der Waals surface area (Å²) < 4.78 is 5.34. The van der Waals surface area contributed by atoms with Gasteiger partial charge in [0.1, 0.15) is 0 Å². The van der Waals surface area contributed by atoms with Gasteiger partial charge in [-0.15, -0.1) is 24.0 Å². The lowest BCUT2D eigenvalue weighted by molar-refractivity contribution is 0.144. The highest BCUT2D eigenvalue weighted by atomic mass is 127. The molecule has 0 aliphatic carbocycles. The van der Waals surface area contributed by atoms with Gasteiger partial charge in [0.2, 0.25) is 0 Å². The molecule has 1 aromatic rings. The Morgan fingerprint density at radius 1 is 1.18 bits per heavy atom. The second-order valence-corrected chi connectivity index (χ2v) is 4.98. The minimum atomic E-state index is 0. The fraction of sp³-hybridized carbons (Fsp3) is 0.588. The van der Waals surface area contributed by atoms with E-state index in [1.807, 2.05) is 13.0 Å². The zero-order chi connectivity index (χ0) is 15.3. The summed E-state index contributed by atoms with van der Waals surface area (Å²) in [7, 11) is 2.08. The molecule has 0 saturated carbocycles. The molecule has 1 aromatic carbocycles. The van der Waals surface area contributed by atoms with E-state index >= 15 is 0 Å². The van der Waals surface area contributed by atoms with E-state index in [2.05, 4.69) is 53.4 Å². The minimum absolute atomic E-state index is 0. The Morgan fingerprint density at radius 2 is 1.91 bits per heavy atom. The second-order valence-electron chi connectivity index (χ2n) is 4.98. The van der Waals surface area contributed by atoms with Gasteiger partial charge in [0, 0.05) is 39.9 Å². The van der Waals surface area contributed by atoms with E-state index in [1.165, 1.54) is 5.56 Å². The van der Waals surface area contributed by atoms with Gasteiger partial charge in [0.15, 0.2) is 5.96 Å². The first-order valence-corrected chi connectivity index (χ1v) is 7.89. The number of nitrogens with one attached hydrogen (secondary N) is 1. The van der Waals surface area contributed by atoms with E-state index in [4.69, 9.17) is 4.74 Å². The van der Waals surface area contributed by atoms with Gasteiger partial charge in [-0.1, -0.05) is 30.3 Å². The number of hydrogen-bond donors (Lipinski definition) is 1. The van der Waals surface area contributed by atoms with Crippen LogP contribution in [0.4, 0.5) is 0 Å². The van der Waals surface area contributed by atoms with Crippen LogP contribution in [0.15, 0.2) is 35.3 Å². The molecule has 0 aliphatic rings. The number of aliphatic imine (C=N–C) groups is 1. The number of ether oxygens (including phenoxy) is 1. The third-order valence-corrected chi connectivity index (χ3v) is 3.12. The van der Waals surface area contributed by atoms with Crippen LogP contribution in [0.3, 0.4) is 0 Å². The molecule has 0 heterocycles. The van der Waals surface area contributed by atoms with Crippen molar-refractivity contribution in [2.24, 2.45) is 4.99 Å². The van der Waals surface area contributed by atoms with Crippen LogP contribution in [0.1, 0.15) is 32.3 Å². The summed E-state index contributed by atoms with van der Waals surface area (Å²) in [6, 6.07) is 10.5. The van der Waals surface area contributed by atoms with Crippen LogP contribution in [0.5, 0.6) is 0 Å². The molecule has 0 unspecified atom stereocenters. The smallest absolute Gasteiger partial charge is 0.193 e. The molecule has 0 saturated heterocycles. The molecule has 0 bridgehead atoms. The third-order valence-electron chi connectivity index (χ3n) is 3.12. The third kappa shape index (κ3) is 9.25. The SMILES string of the molecule is CCNC(=NCCCCOCC)N(C)Cc1ccccc1.I. The molecule has 0 aliphatic heterocycles. The summed E-state index contributed by atoms with van der Waals surface area (Å²) in [6.07, 6.45) is 2.13. The van der Waals surface area contributed by atoms with Crippen molar-refractivity contribution < 1.29 is 4.74 Å². The summed E-state index contributed by atoms with van der Waals surface area (Å²) >= 11 is 0. The van der Waals surface area contributed by atoms with E-state index in [0.29, 0.717) is 0 Å². The van der Waals surface area contributed by atoms with E-state index in [-0.39, 0.29) is 24.0 Å². The normalized spacial score (nSPS) is 11.0. The zero-order valence-electron chi connectivity index (χ0n) is 14.0. The van der Waals surface area contributed by atoms with E-state index in [1.54, 1.807) is 0 Å². The molecular formula is C17H30IN3O. The molecule has 126 valence electrons. The molecule has 0 amide bonds. The molecule has 0 atom stereocenters. The van der Waals surface area contributed by atoms with Crippen molar-refractivity contribution in [3.05, 3.63) is 35.9 Å². The van der Waals surface area contributed by atoms with Gasteiger partial charge in [-0.2, -0.15) is 0 Å². The van der Waals surface area contributed by atoms with Crippen molar-refractivity contribution in [3.63, 3.8) is 0 Å². The van der Waals surface area contributed by atoms with Crippen LogP contribution in [-0.4, -0.2) is 44.2 Å². The fourth-order valence-electron chi connectivity index (χ4n) is 2.05. The Kier molecular flexibility index (Phi) is 13.3. The van der Waals surface area contributed by atoms with Crippen LogP contribution in [0.25, 0.3) is 0 Å². The van der Waals surface area contributed by atoms with Crippen molar-refractivity contribution in [3.8, 4) is 0 Å². The zero-order valence-corrected chi connectivity index (χ0v) is 16.4. The molecule has 4 nitrogen and oxygen atoms in total. The van der Waals surface area contributed by atoms with Crippen molar-refractivity contribution in [2.75, 3.05) is 33.4 Å². The first kappa shape index (κ1) is 21.2. The van der Waals surface area contributed by atoms with Crippen molar-refractivity contribution in [1.29, 1.82) is 0 Å². The monoisotopic (exact) mass is 419 g/mol. The van der Waals surface area contributed by atoms with Gasteiger partial charge < -0.3 is 15.0 Å². The number of halogens is 1. The lowest BCUT2D eigenvalue weighted by atomic mass is 10.2. The van der Waals surface area contributed by atoms with Crippen molar-refractivity contribution in [2.45, 2.75) is 33.2 Å². The van der Waals surface area contributed by atoms with Crippen LogP contribution in [0.2, 0.25) is 0 Å². The first-order chi connectivity index (χ1) is 10.3. The number of benzene rings is 1. The highest BCUT2D eigenvalue weighted by Crippen LogP contribution is 2.03. The predicted molar refractivity (Wildman–Crippen MR) is 105 cm³/mol. The topological polar surface area (TPSA) is 36.9 Å². The Morgan fingerprint density at radius 3 is 2.55 bits per heavy atom. The van der Waals surface area contributed by atoms with Gasteiger partial charge in [-0.3, -0.25) is 4.99 Å². The highest BCUT2D eigenvalue weighted by molar-refractivity contribution is 14.0. The van der Waals surface area contributed by atoms with Crippen molar-refractivity contribution >= 4 is 29.9 Å². The van der Waals surface area contributed by atoms with Crippen LogP contribution < -0.4 is 5.32 Å². The van der Waals surface area contributed by atoms with Gasteiger partial charge in [-0.05, 0) is 32.3 Å². The van der Waals surface area contributed by atoms with Gasteiger partial charge in [0.25, 0.3) is 0 Å². The average molecular weight is 419 g/mol. The summed E-state index contributed by atoms with van der Waals surface area (Å²) in [5, 5.41) is 3.35. The van der Waals surface area contributed by atoms with E-state index in [9.17, 15) is 0 Å². The molecule has 0 radical (unpaired) electrons. The summed E-state index contributed by atoms with van der Waals surface area (Å²) in [5.74, 6) is 0.970. The second kappa shape index (κ2) is 13.8. The number of rotatable bonds is 9. The quantitative estimate of drug-likeness (QED) is 0.288. The Labute approximate surface area is 152 Å². The van der Waals surface area contributed by atoms with Crippen LogP contribution >= 0.6 is 24.0 Å². The molecule has 0 aromatic heterocycles.